The van der Waals surface area contributed by atoms with Gasteiger partial charge in [-0.25, -0.2) is 0 Å². The molecule has 160 valence electrons. The highest BCUT2D eigenvalue weighted by atomic mass is 16.5. The molecule has 0 unspecified atom stereocenters. The normalized spacial score (nSPS) is 10.0. The van der Waals surface area contributed by atoms with Crippen LogP contribution in [0.4, 0.5) is 5.69 Å². The first-order valence-electron chi connectivity index (χ1n) is 10.1. The Kier molecular flexibility index (Phi) is 6.43. The maximum absolute atomic E-state index is 11.8. The smallest absolute Gasteiger partial charge is 0.265 e. The molecule has 6 heteroatoms. The number of anilines is 1. The van der Waals surface area contributed by atoms with Gasteiger partial charge < -0.3 is 14.8 Å². The minimum absolute atomic E-state index is 0.156. The minimum Gasteiger partial charge on any atom is -0.457 e. The van der Waals surface area contributed by atoms with Crippen LogP contribution in [-0.2, 0) is 4.79 Å². The van der Waals surface area contributed by atoms with Gasteiger partial charge >= 0.3 is 0 Å². The third-order valence-corrected chi connectivity index (χ3v) is 4.67. The molecule has 0 aliphatic heterocycles. The topological polar surface area (TPSA) is 84.2 Å². The Morgan fingerprint density at radius 1 is 0.848 bits per heavy atom. The van der Waals surface area contributed by atoms with Crippen LogP contribution in [-0.4, -0.2) is 10.9 Å². The van der Waals surface area contributed by atoms with Crippen LogP contribution in [0.1, 0.15) is 0 Å². The molecule has 6 nitrogen and oxygen atoms in total. The molecule has 0 saturated heterocycles. The number of ether oxygens (including phenoxy) is 2. The van der Waals surface area contributed by atoms with E-state index in [1.165, 1.54) is 0 Å². The van der Waals surface area contributed by atoms with Crippen LogP contribution in [0.15, 0.2) is 109 Å². The quantitative estimate of drug-likeness (QED) is 0.271. The lowest BCUT2D eigenvalue weighted by Gasteiger charge is -2.12. The van der Waals surface area contributed by atoms with E-state index in [0.29, 0.717) is 17.2 Å². The summed E-state index contributed by atoms with van der Waals surface area (Å²) in [7, 11) is 0. The number of nitriles is 1. The predicted octanol–water partition coefficient (Wildman–Crippen LogP) is 6.35. The molecule has 3 aromatic carbocycles. The van der Waals surface area contributed by atoms with E-state index in [9.17, 15) is 4.79 Å². The molecule has 1 N–H and O–H groups in total. The van der Waals surface area contributed by atoms with E-state index >= 15 is 0 Å². The van der Waals surface area contributed by atoms with Gasteiger partial charge in [-0.05, 0) is 60.2 Å². The maximum Gasteiger partial charge on any atom is 0.265 e. The average Bonchev–Trinajstić information content (AvgIpc) is 2.86. The molecule has 0 bridgehead atoms. The highest BCUT2D eigenvalue weighted by Gasteiger charge is 2.10. The van der Waals surface area contributed by atoms with Crippen LogP contribution >= 0.6 is 0 Å². The lowest BCUT2D eigenvalue weighted by molar-refractivity contribution is -0.112. The summed E-state index contributed by atoms with van der Waals surface area (Å²) in [6.45, 7) is 3.40. The molecule has 33 heavy (non-hydrogen) atoms. The molecule has 0 aliphatic rings. The zero-order valence-corrected chi connectivity index (χ0v) is 17.6. The summed E-state index contributed by atoms with van der Waals surface area (Å²) >= 11 is 0. The van der Waals surface area contributed by atoms with Crippen LogP contribution in [0, 0.1) is 11.3 Å². The van der Waals surface area contributed by atoms with Crippen LogP contribution in [0.3, 0.4) is 0 Å². The lowest BCUT2D eigenvalue weighted by Crippen LogP contribution is -2.12. The number of aromatic nitrogens is 1. The zero-order valence-electron chi connectivity index (χ0n) is 17.6. The Morgan fingerprint density at radius 3 is 2.18 bits per heavy atom. The Bertz CT molecular complexity index is 1310. The van der Waals surface area contributed by atoms with Crippen molar-refractivity contribution in [2.45, 2.75) is 0 Å². The van der Waals surface area contributed by atoms with Crippen molar-refractivity contribution in [2.75, 3.05) is 5.32 Å². The summed E-state index contributed by atoms with van der Waals surface area (Å²) in [5.41, 5.74) is 2.13. The third-order valence-electron chi connectivity index (χ3n) is 4.67. The van der Waals surface area contributed by atoms with Crippen molar-refractivity contribution in [1.29, 1.82) is 5.26 Å². The van der Waals surface area contributed by atoms with Crippen molar-refractivity contribution >= 4 is 11.6 Å². The molecule has 0 radical (unpaired) electrons. The molecular weight excluding hydrogens is 414 g/mol. The van der Waals surface area contributed by atoms with E-state index in [4.69, 9.17) is 14.7 Å². The number of nitrogens with one attached hydrogen (secondary N) is 1. The van der Waals surface area contributed by atoms with E-state index < -0.39 is 5.91 Å². The summed E-state index contributed by atoms with van der Waals surface area (Å²) in [6, 6.07) is 27.6. The van der Waals surface area contributed by atoms with Crippen LogP contribution in [0.2, 0.25) is 0 Å². The van der Waals surface area contributed by atoms with E-state index in [1.807, 2.05) is 54.6 Å². The minimum atomic E-state index is -0.540. The Labute approximate surface area is 191 Å². The molecular formula is C27H19N3O3. The van der Waals surface area contributed by atoms with Crippen molar-refractivity contribution < 1.29 is 14.3 Å². The fourth-order valence-corrected chi connectivity index (χ4v) is 3.01. The van der Waals surface area contributed by atoms with Crippen molar-refractivity contribution in [1.82, 2.24) is 4.98 Å². The van der Waals surface area contributed by atoms with Crippen LogP contribution < -0.4 is 14.8 Å². The van der Waals surface area contributed by atoms with Crippen molar-refractivity contribution in [3.63, 3.8) is 0 Å². The Hall–Kier alpha value is -4.89. The van der Waals surface area contributed by atoms with Gasteiger partial charge in [-0.2, -0.15) is 5.26 Å². The van der Waals surface area contributed by atoms with Gasteiger partial charge in [0.05, 0.1) is 0 Å². The largest absolute Gasteiger partial charge is 0.457 e. The lowest BCUT2D eigenvalue weighted by atomic mass is 10.1. The molecule has 0 saturated carbocycles. The van der Waals surface area contributed by atoms with Gasteiger partial charge in [-0.15, -0.1) is 0 Å². The number of amides is 1. The Morgan fingerprint density at radius 2 is 1.48 bits per heavy atom. The molecule has 1 aromatic heterocycles. The number of nitrogens with zero attached hydrogens (tertiary/aromatic N) is 2. The molecule has 0 atom stereocenters. The molecule has 1 heterocycles. The third kappa shape index (κ3) is 5.43. The SMILES string of the molecule is C=C(C#N)C(=O)Nc1ccc(Oc2ccncc2-c2ccc(Oc3ccccc3)cc2)cc1. The summed E-state index contributed by atoms with van der Waals surface area (Å²) in [4.78, 5) is 16.0. The number of carbonyl (C=O) groups is 1. The van der Waals surface area contributed by atoms with E-state index in [0.717, 1.165) is 22.6 Å². The molecule has 1 amide bonds. The molecule has 4 rings (SSSR count). The highest BCUT2D eigenvalue weighted by molar-refractivity contribution is 6.06. The van der Waals surface area contributed by atoms with Gasteiger partial charge in [0.25, 0.3) is 5.91 Å². The zero-order chi connectivity index (χ0) is 23.0. The second-order valence-electron chi connectivity index (χ2n) is 6.98. The van der Waals surface area contributed by atoms with Gasteiger partial charge in [0.15, 0.2) is 0 Å². The predicted molar refractivity (Wildman–Crippen MR) is 126 cm³/mol. The maximum atomic E-state index is 11.8. The summed E-state index contributed by atoms with van der Waals surface area (Å²) in [5, 5.41) is 11.4. The molecule has 0 aliphatic carbocycles. The van der Waals surface area contributed by atoms with Crippen molar-refractivity contribution in [3.05, 3.63) is 109 Å². The number of pyridine rings is 1. The fraction of sp³-hybridized carbons (Fsp3) is 0. The van der Waals surface area contributed by atoms with E-state index in [-0.39, 0.29) is 5.57 Å². The average molecular weight is 433 g/mol. The van der Waals surface area contributed by atoms with Gasteiger partial charge in [-0.1, -0.05) is 36.9 Å². The van der Waals surface area contributed by atoms with E-state index in [2.05, 4.69) is 16.9 Å². The second kappa shape index (κ2) is 9.94. The number of hydrogen-bond acceptors (Lipinski definition) is 5. The molecule has 0 fully saturated rings. The second-order valence-corrected chi connectivity index (χ2v) is 6.98. The monoisotopic (exact) mass is 433 g/mol. The molecule has 0 spiro atoms. The van der Waals surface area contributed by atoms with Crippen LogP contribution in [0.5, 0.6) is 23.0 Å². The first kappa shape index (κ1) is 21.3. The number of para-hydroxylation sites is 1. The summed E-state index contributed by atoms with van der Waals surface area (Å²) in [5.74, 6) is 2.18. The highest BCUT2D eigenvalue weighted by Crippen LogP contribution is 2.34. The number of carbonyl (C=O) groups excluding carboxylic acids is 1. The van der Waals surface area contributed by atoms with Crippen molar-refractivity contribution in [2.24, 2.45) is 0 Å². The van der Waals surface area contributed by atoms with Crippen LogP contribution in [0.25, 0.3) is 11.1 Å². The summed E-state index contributed by atoms with van der Waals surface area (Å²) < 4.78 is 11.9. The first-order valence-corrected chi connectivity index (χ1v) is 10.1. The fourth-order valence-electron chi connectivity index (χ4n) is 3.01. The Balaban J connectivity index is 1.48. The summed E-state index contributed by atoms with van der Waals surface area (Å²) in [6.07, 6.45) is 3.40. The van der Waals surface area contributed by atoms with Gasteiger partial charge in [0.2, 0.25) is 0 Å². The van der Waals surface area contributed by atoms with Gasteiger partial charge in [-0.3, -0.25) is 9.78 Å². The van der Waals surface area contributed by atoms with Gasteiger partial charge in [0, 0.05) is 23.6 Å². The number of hydrogen-bond donors (Lipinski definition) is 1. The molecule has 4 aromatic rings. The number of rotatable bonds is 7. The standard InChI is InChI=1S/C27H19N3O3/c1-19(17-28)27(31)30-21-9-13-24(14-10-21)33-26-15-16-29-18-25(26)20-7-11-23(12-8-20)32-22-5-3-2-4-6-22/h2-16,18H,1H2,(H,30,31). The van der Waals surface area contributed by atoms with Gasteiger partial charge in [0.1, 0.15) is 34.6 Å². The van der Waals surface area contributed by atoms with Crippen molar-refractivity contribution in [3.8, 4) is 40.2 Å². The first-order chi connectivity index (χ1) is 16.1. The number of benzene rings is 3. The van der Waals surface area contributed by atoms with E-state index in [1.54, 1.807) is 48.8 Å².